The Balaban J connectivity index is 1.40. The number of benzene rings is 1. The number of likely N-dealkylation sites (tertiary alicyclic amines) is 2. The van der Waals surface area contributed by atoms with Crippen molar-refractivity contribution >= 4 is 23.4 Å². The lowest BCUT2D eigenvalue weighted by Gasteiger charge is -2.26. The molecule has 3 aliphatic heterocycles. The summed E-state index contributed by atoms with van der Waals surface area (Å²) in [6.45, 7) is 3.20. The van der Waals surface area contributed by atoms with Gasteiger partial charge in [-0.25, -0.2) is 0 Å². The third-order valence-electron chi connectivity index (χ3n) is 6.34. The fourth-order valence-electron chi connectivity index (χ4n) is 4.61. The zero-order chi connectivity index (χ0) is 21.3. The van der Waals surface area contributed by atoms with Crippen molar-refractivity contribution in [1.29, 1.82) is 0 Å². The number of fused-ring (bicyclic) bond motifs is 1. The van der Waals surface area contributed by atoms with Crippen LogP contribution in [0.5, 0.6) is 5.75 Å². The summed E-state index contributed by atoms with van der Waals surface area (Å²) in [5.41, 5.74) is 1.10. The molecule has 2 atom stereocenters. The van der Waals surface area contributed by atoms with Crippen LogP contribution in [0.1, 0.15) is 36.0 Å². The van der Waals surface area contributed by atoms with Gasteiger partial charge in [-0.3, -0.25) is 14.4 Å². The van der Waals surface area contributed by atoms with Crippen LogP contribution >= 0.6 is 0 Å². The zero-order valence-electron chi connectivity index (χ0n) is 17.7. The molecule has 0 spiro atoms. The van der Waals surface area contributed by atoms with E-state index >= 15 is 0 Å². The molecule has 0 aromatic heterocycles. The highest BCUT2D eigenvalue weighted by atomic mass is 16.5. The Morgan fingerprint density at radius 1 is 1.10 bits per heavy atom. The molecule has 2 saturated heterocycles. The van der Waals surface area contributed by atoms with Gasteiger partial charge in [0.2, 0.25) is 5.91 Å². The topological polar surface area (TPSA) is 82.2 Å². The van der Waals surface area contributed by atoms with E-state index in [1.54, 1.807) is 25.2 Å². The lowest BCUT2D eigenvalue weighted by atomic mass is 10.00. The van der Waals surface area contributed by atoms with Gasteiger partial charge in [-0.2, -0.15) is 0 Å². The maximum Gasteiger partial charge on any atom is 0.264 e. The lowest BCUT2D eigenvalue weighted by Crippen LogP contribution is -2.42. The van der Waals surface area contributed by atoms with E-state index in [2.05, 4.69) is 10.2 Å². The molecule has 1 aromatic rings. The number of hydrogen-bond donors (Lipinski definition) is 1. The van der Waals surface area contributed by atoms with Crippen LogP contribution in [0.2, 0.25) is 0 Å². The maximum absolute atomic E-state index is 12.9. The summed E-state index contributed by atoms with van der Waals surface area (Å²) in [4.78, 5) is 43.2. The summed E-state index contributed by atoms with van der Waals surface area (Å²) in [6.07, 6.45) is 3.74. The van der Waals surface area contributed by atoms with Crippen LogP contribution in [0.4, 0.5) is 5.69 Å². The van der Waals surface area contributed by atoms with Gasteiger partial charge in [0, 0.05) is 44.8 Å². The molecule has 3 aliphatic rings. The number of rotatable bonds is 3. The van der Waals surface area contributed by atoms with Crippen LogP contribution in [0.3, 0.4) is 0 Å². The number of anilines is 1. The molecule has 4 rings (SSSR count). The Morgan fingerprint density at radius 3 is 2.63 bits per heavy atom. The monoisotopic (exact) mass is 414 g/mol. The predicted molar refractivity (Wildman–Crippen MR) is 113 cm³/mol. The second-order valence-electron chi connectivity index (χ2n) is 8.62. The van der Waals surface area contributed by atoms with E-state index in [9.17, 15) is 14.4 Å². The van der Waals surface area contributed by atoms with Gasteiger partial charge < -0.3 is 24.8 Å². The van der Waals surface area contributed by atoms with Crippen molar-refractivity contribution in [3.05, 3.63) is 23.8 Å². The number of hydrogen-bond acceptors (Lipinski definition) is 5. The fourth-order valence-corrected chi connectivity index (χ4v) is 4.61. The molecule has 162 valence electrons. The maximum atomic E-state index is 12.9. The number of nitrogens with zero attached hydrogens (tertiary/aromatic N) is 3. The number of ether oxygens (including phenoxy) is 1. The molecule has 0 saturated carbocycles. The van der Waals surface area contributed by atoms with E-state index in [-0.39, 0.29) is 36.3 Å². The van der Waals surface area contributed by atoms with Crippen molar-refractivity contribution < 1.29 is 19.1 Å². The molecule has 0 bridgehead atoms. The molecule has 0 aliphatic carbocycles. The molecule has 2 fully saturated rings. The van der Waals surface area contributed by atoms with Crippen LogP contribution in [0.25, 0.3) is 0 Å². The zero-order valence-corrected chi connectivity index (χ0v) is 17.7. The van der Waals surface area contributed by atoms with E-state index in [1.807, 2.05) is 11.9 Å². The molecule has 0 radical (unpaired) electrons. The van der Waals surface area contributed by atoms with E-state index in [4.69, 9.17) is 4.74 Å². The lowest BCUT2D eigenvalue weighted by molar-refractivity contribution is -0.135. The van der Waals surface area contributed by atoms with Gasteiger partial charge in [0.05, 0.1) is 11.6 Å². The van der Waals surface area contributed by atoms with Crippen molar-refractivity contribution in [3.63, 3.8) is 0 Å². The minimum Gasteiger partial charge on any atom is -0.482 e. The number of carbonyl (C=O) groups excluding carboxylic acids is 3. The van der Waals surface area contributed by atoms with Crippen molar-refractivity contribution in [2.45, 2.75) is 31.7 Å². The largest absolute Gasteiger partial charge is 0.482 e. The summed E-state index contributed by atoms with van der Waals surface area (Å²) in [5.74, 6) is 0.543. The van der Waals surface area contributed by atoms with Gasteiger partial charge >= 0.3 is 0 Å². The summed E-state index contributed by atoms with van der Waals surface area (Å²) in [7, 11) is 3.69. The third-order valence-corrected chi connectivity index (χ3v) is 6.34. The highest BCUT2D eigenvalue weighted by molar-refractivity contribution is 6.01. The Bertz CT molecular complexity index is 836. The molecule has 3 amide bonds. The van der Waals surface area contributed by atoms with Crippen LogP contribution in [0.15, 0.2) is 18.2 Å². The summed E-state index contributed by atoms with van der Waals surface area (Å²) < 4.78 is 5.43. The third kappa shape index (κ3) is 4.28. The highest BCUT2D eigenvalue weighted by Crippen LogP contribution is 2.32. The van der Waals surface area contributed by atoms with Crippen LogP contribution in [0, 0.1) is 5.92 Å². The Morgan fingerprint density at radius 2 is 1.87 bits per heavy atom. The molecular formula is C22H30N4O4. The Kier molecular flexibility index (Phi) is 5.94. The second-order valence-corrected chi connectivity index (χ2v) is 8.62. The van der Waals surface area contributed by atoms with E-state index < -0.39 is 0 Å². The van der Waals surface area contributed by atoms with Crippen LogP contribution in [-0.2, 0) is 9.59 Å². The van der Waals surface area contributed by atoms with Gasteiger partial charge in [-0.1, -0.05) is 0 Å². The van der Waals surface area contributed by atoms with Gasteiger partial charge in [0.1, 0.15) is 5.75 Å². The number of amides is 3. The molecule has 3 heterocycles. The minimum absolute atomic E-state index is 0.00411. The average molecular weight is 415 g/mol. The molecule has 1 N–H and O–H groups in total. The van der Waals surface area contributed by atoms with Crippen molar-refractivity contribution in [2.75, 3.05) is 51.8 Å². The molecule has 30 heavy (non-hydrogen) atoms. The van der Waals surface area contributed by atoms with Gasteiger partial charge in [-0.05, 0) is 50.9 Å². The van der Waals surface area contributed by atoms with Crippen LogP contribution in [-0.4, -0.2) is 80.4 Å². The molecular weight excluding hydrogens is 384 g/mol. The first kappa shape index (κ1) is 20.7. The quantitative estimate of drug-likeness (QED) is 0.801. The molecule has 1 aromatic carbocycles. The van der Waals surface area contributed by atoms with E-state index in [0.717, 1.165) is 45.3 Å². The summed E-state index contributed by atoms with van der Waals surface area (Å²) in [5, 5.41) is 3.12. The van der Waals surface area contributed by atoms with Crippen molar-refractivity contribution in [1.82, 2.24) is 15.1 Å². The fraction of sp³-hybridized carbons (Fsp3) is 0.591. The van der Waals surface area contributed by atoms with Crippen molar-refractivity contribution in [2.24, 2.45) is 5.92 Å². The van der Waals surface area contributed by atoms with Gasteiger partial charge in [-0.15, -0.1) is 0 Å². The Hall–Kier alpha value is -2.61. The normalized spacial score (nSPS) is 24.8. The predicted octanol–water partition coefficient (Wildman–Crippen LogP) is 1.10. The van der Waals surface area contributed by atoms with Crippen LogP contribution < -0.4 is 15.0 Å². The van der Waals surface area contributed by atoms with E-state index in [0.29, 0.717) is 23.5 Å². The molecule has 8 nitrogen and oxygen atoms in total. The van der Waals surface area contributed by atoms with Gasteiger partial charge in [0.25, 0.3) is 11.8 Å². The first-order chi connectivity index (χ1) is 14.4. The number of carbonyl (C=O) groups is 3. The van der Waals surface area contributed by atoms with E-state index in [1.165, 1.54) is 4.90 Å². The second kappa shape index (κ2) is 8.63. The Labute approximate surface area is 177 Å². The minimum atomic E-state index is -0.174. The average Bonchev–Trinajstić information content (AvgIpc) is 3.21. The SMILES string of the molecule is CN1C[C@@H](NC(=O)c2ccc3c(c2)N(C)C(=O)CO3)CC[C@@H](C(=O)N2CCCC2)C1. The number of nitrogens with one attached hydrogen (secondary N) is 1. The first-order valence-corrected chi connectivity index (χ1v) is 10.7. The van der Waals surface area contributed by atoms with Gasteiger partial charge in [0.15, 0.2) is 6.61 Å². The molecule has 8 heteroatoms. The summed E-state index contributed by atoms with van der Waals surface area (Å²) >= 11 is 0. The number of likely N-dealkylation sites (N-methyl/N-ethyl adjacent to an activating group) is 2. The smallest absolute Gasteiger partial charge is 0.264 e. The van der Waals surface area contributed by atoms with Crippen molar-refractivity contribution in [3.8, 4) is 5.75 Å². The standard InChI is InChI=1S/C22H30N4O4/c1-24-12-16(22(29)26-9-3-4-10-26)5-7-17(13-24)23-21(28)15-6-8-19-18(11-15)25(2)20(27)14-30-19/h6,8,11,16-17H,3-5,7,9-10,12-14H2,1-2H3,(H,23,28)/t16-,17+/m1/s1. The molecule has 0 unspecified atom stereocenters. The summed E-state index contributed by atoms with van der Waals surface area (Å²) in [6, 6.07) is 5.13. The highest BCUT2D eigenvalue weighted by Gasteiger charge is 2.31. The first-order valence-electron chi connectivity index (χ1n) is 10.7.